The molecule has 1 aromatic carbocycles. The summed E-state index contributed by atoms with van der Waals surface area (Å²) in [7, 11) is 0. The van der Waals surface area contributed by atoms with Crippen LogP contribution >= 0.6 is 0 Å². The fourth-order valence-corrected chi connectivity index (χ4v) is 1.48. The number of ether oxygens (including phenoxy) is 1. The van der Waals surface area contributed by atoms with Crippen LogP contribution in [0.2, 0.25) is 0 Å². The molecule has 3 heteroatoms. The quantitative estimate of drug-likeness (QED) is 0.827. The third-order valence-electron chi connectivity index (χ3n) is 2.59. The molecule has 0 saturated heterocycles. The van der Waals surface area contributed by atoms with Gasteiger partial charge >= 0.3 is 0 Å². The summed E-state index contributed by atoms with van der Waals surface area (Å²) in [5.74, 6) is 0.336. The van der Waals surface area contributed by atoms with Gasteiger partial charge in [-0.05, 0) is 31.0 Å². The molecule has 1 N–H and O–H groups in total. The summed E-state index contributed by atoms with van der Waals surface area (Å²) in [6, 6.07) is 4.49. The highest BCUT2D eigenvalue weighted by Crippen LogP contribution is 2.32. The van der Waals surface area contributed by atoms with Gasteiger partial charge in [0.2, 0.25) is 0 Å². The lowest BCUT2D eigenvalue weighted by Gasteiger charge is -2.15. The van der Waals surface area contributed by atoms with Crippen molar-refractivity contribution in [3.63, 3.8) is 0 Å². The van der Waals surface area contributed by atoms with Gasteiger partial charge in [0.1, 0.15) is 11.6 Å². The molecule has 1 atom stereocenters. The number of aliphatic hydroxyl groups excluding tert-OH is 1. The Hall–Kier alpha value is -1.09. The van der Waals surface area contributed by atoms with Crippen LogP contribution in [0.25, 0.3) is 0 Å². The molecule has 0 bridgehead atoms. The van der Waals surface area contributed by atoms with Crippen molar-refractivity contribution in [2.24, 2.45) is 0 Å². The molecule has 0 heterocycles. The van der Waals surface area contributed by atoms with Gasteiger partial charge in [-0.15, -0.1) is 0 Å². The Balaban J connectivity index is 2.25. The van der Waals surface area contributed by atoms with E-state index in [2.05, 4.69) is 0 Å². The minimum absolute atomic E-state index is 0.00444. The molecule has 2 nitrogen and oxygen atoms in total. The molecule has 15 heavy (non-hydrogen) atoms. The second kappa shape index (κ2) is 4.19. The minimum atomic E-state index is -0.284. The number of hydrogen-bond donors (Lipinski definition) is 1. The van der Waals surface area contributed by atoms with E-state index in [-0.39, 0.29) is 18.3 Å². The average Bonchev–Trinajstić information content (AvgIpc) is 3.03. The fourth-order valence-electron chi connectivity index (χ4n) is 1.48. The monoisotopic (exact) mass is 210 g/mol. The van der Waals surface area contributed by atoms with E-state index >= 15 is 0 Å². The molecule has 1 aliphatic rings. The molecule has 1 fully saturated rings. The standard InChI is InChI=1S/C12H15FO2/c1-8(7-14)11-6-9(13)2-5-12(11)15-10-3-4-10/h2,5-6,8,10,14H,3-4,7H2,1H3. The first-order valence-electron chi connectivity index (χ1n) is 5.27. The van der Waals surface area contributed by atoms with Gasteiger partial charge in [-0.2, -0.15) is 0 Å². The highest BCUT2D eigenvalue weighted by atomic mass is 19.1. The lowest BCUT2D eigenvalue weighted by Crippen LogP contribution is -2.05. The van der Waals surface area contributed by atoms with E-state index < -0.39 is 0 Å². The predicted octanol–water partition coefficient (Wildman–Crippen LogP) is 2.46. The number of aliphatic hydroxyl groups is 1. The number of halogens is 1. The van der Waals surface area contributed by atoms with Gasteiger partial charge < -0.3 is 9.84 Å². The van der Waals surface area contributed by atoms with Crippen molar-refractivity contribution in [1.29, 1.82) is 0 Å². The largest absolute Gasteiger partial charge is 0.490 e. The van der Waals surface area contributed by atoms with Crippen molar-refractivity contribution in [2.75, 3.05) is 6.61 Å². The minimum Gasteiger partial charge on any atom is -0.490 e. The fraction of sp³-hybridized carbons (Fsp3) is 0.500. The second-order valence-electron chi connectivity index (χ2n) is 4.08. The van der Waals surface area contributed by atoms with Crippen LogP contribution in [0.5, 0.6) is 5.75 Å². The molecule has 2 rings (SSSR count). The van der Waals surface area contributed by atoms with Crippen LogP contribution in [0.4, 0.5) is 4.39 Å². The Labute approximate surface area is 88.7 Å². The smallest absolute Gasteiger partial charge is 0.123 e. The van der Waals surface area contributed by atoms with Crippen LogP contribution in [-0.2, 0) is 0 Å². The molecule has 0 aromatic heterocycles. The molecule has 0 aliphatic heterocycles. The molecular weight excluding hydrogens is 195 g/mol. The first-order valence-corrected chi connectivity index (χ1v) is 5.27. The summed E-state index contributed by atoms with van der Waals surface area (Å²) >= 11 is 0. The van der Waals surface area contributed by atoms with Gasteiger partial charge in [0.15, 0.2) is 0 Å². The Morgan fingerprint density at radius 2 is 2.27 bits per heavy atom. The van der Waals surface area contributed by atoms with E-state index in [0.29, 0.717) is 11.9 Å². The molecule has 0 spiro atoms. The van der Waals surface area contributed by atoms with Crippen molar-refractivity contribution in [3.05, 3.63) is 29.6 Å². The molecule has 1 aliphatic carbocycles. The second-order valence-corrected chi connectivity index (χ2v) is 4.08. The first kappa shape index (κ1) is 10.4. The summed E-state index contributed by atoms with van der Waals surface area (Å²) in [4.78, 5) is 0. The van der Waals surface area contributed by atoms with Crippen LogP contribution in [0.3, 0.4) is 0 Å². The van der Waals surface area contributed by atoms with Crippen LogP contribution < -0.4 is 4.74 Å². The number of hydrogen-bond acceptors (Lipinski definition) is 2. The number of rotatable bonds is 4. The van der Waals surface area contributed by atoms with Crippen molar-refractivity contribution in [3.8, 4) is 5.75 Å². The third kappa shape index (κ3) is 2.48. The zero-order valence-electron chi connectivity index (χ0n) is 8.74. The summed E-state index contributed by atoms with van der Waals surface area (Å²) in [6.07, 6.45) is 2.44. The highest BCUT2D eigenvalue weighted by molar-refractivity contribution is 5.37. The van der Waals surface area contributed by atoms with E-state index in [4.69, 9.17) is 9.84 Å². The van der Waals surface area contributed by atoms with Gasteiger partial charge in [0, 0.05) is 18.1 Å². The maximum atomic E-state index is 13.1. The van der Waals surface area contributed by atoms with E-state index in [1.165, 1.54) is 12.1 Å². The topological polar surface area (TPSA) is 29.5 Å². The Morgan fingerprint density at radius 1 is 1.53 bits per heavy atom. The van der Waals surface area contributed by atoms with Crippen LogP contribution in [0.1, 0.15) is 31.2 Å². The van der Waals surface area contributed by atoms with E-state index in [9.17, 15) is 4.39 Å². The Morgan fingerprint density at radius 3 is 2.87 bits per heavy atom. The van der Waals surface area contributed by atoms with Gasteiger partial charge in [-0.1, -0.05) is 6.92 Å². The molecule has 0 amide bonds. The van der Waals surface area contributed by atoms with Crippen molar-refractivity contribution in [1.82, 2.24) is 0 Å². The molecule has 1 unspecified atom stereocenters. The summed E-state index contributed by atoms with van der Waals surface area (Å²) < 4.78 is 18.7. The van der Waals surface area contributed by atoms with E-state index in [0.717, 1.165) is 18.4 Å². The normalized spacial score (nSPS) is 17.5. The maximum absolute atomic E-state index is 13.1. The molecule has 82 valence electrons. The molecule has 1 aromatic rings. The third-order valence-corrected chi connectivity index (χ3v) is 2.59. The van der Waals surface area contributed by atoms with Crippen LogP contribution in [0.15, 0.2) is 18.2 Å². The highest BCUT2D eigenvalue weighted by Gasteiger charge is 2.25. The molecule has 0 radical (unpaired) electrons. The van der Waals surface area contributed by atoms with Crippen molar-refractivity contribution in [2.45, 2.75) is 31.8 Å². The summed E-state index contributed by atoms with van der Waals surface area (Å²) in [5.41, 5.74) is 0.754. The van der Waals surface area contributed by atoms with E-state index in [1.807, 2.05) is 6.92 Å². The van der Waals surface area contributed by atoms with Gasteiger partial charge in [-0.3, -0.25) is 0 Å². The van der Waals surface area contributed by atoms with Gasteiger partial charge in [0.25, 0.3) is 0 Å². The summed E-state index contributed by atoms with van der Waals surface area (Å²) in [6.45, 7) is 1.86. The lowest BCUT2D eigenvalue weighted by molar-refractivity contribution is 0.261. The predicted molar refractivity (Wildman–Crippen MR) is 55.6 cm³/mol. The van der Waals surface area contributed by atoms with Gasteiger partial charge in [-0.25, -0.2) is 4.39 Å². The number of benzene rings is 1. The SMILES string of the molecule is CC(CO)c1cc(F)ccc1OC1CC1. The van der Waals surface area contributed by atoms with Crippen LogP contribution in [-0.4, -0.2) is 17.8 Å². The van der Waals surface area contributed by atoms with Crippen molar-refractivity contribution >= 4 is 0 Å². The van der Waals surface area contributed by atoms with Gasteiger partial charge in [0.05, 0.1) is 6.10 Å². The first-order chi connectivity index (χ1) is 7.20. The molecule has 1 saturated carbocycles. The Bertz CT molecular complexity index is 347. The Kier molecular flexibility index (Phi) is 2.91. The molecular formula is C12H15FO2. The zero-order valence-corrected chi connectivity index (χ0v) is 8.74. The zero-order chi connectivity index (χ0) is 10.8. The average molecular weight is 210 g/mol. The van der Waals surface area contributed by atoms with Crippen LogP contribution in [0, 0.1) is 5.82 Å². The van der Waals surface area contributed by atoms with E-state index in [1.54, 1.807) is 6.07 Å². The maximum Gasteiger partial charge on any atom is 0.123 e. The van der Waals surface area contributed by atoms with Crippen molar-refractivity contribution < 1.29 is 14.2 Å². The summed E-state index contributed by atoms with van der Waals surface area (Å²) in [5, 5.41) is 9.08. The lowest BCUT2D eigenvalue weighted by atomic mass is 10.0.